The number of aromatic amines is 1. The van der Waals surface area contributed by atoms with Gasteiger partial charge >= 0.3 is 0 Å². The van der Waals surface area contributed by atoms with Gasteiger partial charge < -0.3 is 5.32 Å². The highest BCUT2D eigenvalue weighted by Gasteiger charge is 2.05. The first-order valence-electron chi connectivity index (χ1n) is 5.58. The van der Waals surface area contributed by atoms with Gasteiger partial charge in [0.25, 0.3) is 0 Å². The average Bonchev–Trinajstić information content (AvgIpc) is 2.55. The fourth-order valence-electron chi connectivity index (χ4n) is 1.86. The number of H-pyrrole nitrogens is 1. The minimum absolute atomic E-state index is 0.796. The van der Waals surface area contributed by atoms with Crippen molar-refractivity contribution in [2.75, 3.05) is 5.32 Å². The molecule has 1 aromatic heterocycles. The summed E-state index contributed by atoms with van der Waals surface area (Å²) in [4.78, 5) is 0. The number of aryl methyl sites for hydroxylation is 3. The monoisotopic (exact) mass is 293 g/mol. The molecule has 17 heavy (non-hydrogen) atoms. The van der Waals surface area contributed by atoms with E-state index in [2.05, 4.69) is 56.6 Å². The Labute approximate surface area is 110 Å². The molecule has 0 saturated carbocycles. The molecule has 4 heteroatoms. The van der Waals surface area contributed by atoms with Crippen LogP contribution in [0.15, 0.2) is 22.7 Å². The molecule has 3 nitrogen and oxygen atoms in total. The molecule has 0 atom stereocenters. The van der Waals surface area contributed by atoms with Crippen LogP contribution >= 0.6 is 15.9 Å². The van der Waals surface area contributed by atoms with Crippen molar-refractivity contribution < 1.29 is 0 Å². The van der Waals surface area contributed by atoms with Crippen LogP contribution in [0.3, 0.4) is 0 Å². The van der Waals surface area contributed by atoms with Crippen molar-refractivity contribution in [1.29, 1.82) is 0 Å². The van der Waals surface area contributed by atoms with E-state index >= 15 is 0 Å². The number of aromatic nitrogens is 2. The molecule has 0 aliphatic carbocycles. The highest BCUT2D eigenvalue weighted by Crippen LogP contribution is 2.20. The maximum absolute atomic E-state index is 4.19. The van der Waals surface area contributed by atoms with Crippen molar-refractivity contribution in [3.8, 4) is 0 Å². The summed E-state index contributed by atoms with van der Waals surface area (Å²) in [7, 11) is 0. The van der Waals surface area contributed by atoms with Crippen molar-refractivity contribution in [1.82, 2.24) is 10.2 Å². The van der Waals surface area contributed by atoms with Crippen LogP contribution in [0.5, 0.6) is 0 Å². The Bertz CT molecular complexity index is 492. The smallest absolute Gasteiger partial charge is 0.0643 e. The van der Waals surface area contributed by atoms with E-state index in [1.807, 2.05) is 13.8 Å². The fraction of sp³-hybridized carbons (Fsp3) is 0.308. The van der Waals surface area contributed by atoms with Gasteiger partial charge in [-0.2, -0.15) is 5.10 Å². The van der Waals surface area contributed by atoms with Crippen LogP contribution in [0.1, 0.15) is 22.5 Å². The van der Waals surface area contributed by atoms with Gasteiger partial charge in [0.1, 0.15) is 0 Å². The van der Waals surface area contributed by atoms with Crippen molar-refractivity contribution in [2.45, 2.75) is 27.3 Å². The van der Waals surface area contributed by atoms with Gasteiger partial charge in [0, 0.05) is 28.0 Å². The molecule has 90 valence electrons. The van der Waals surface area contributed by atoms with Gasteiger partial charge in [0.2, 0.25) is 0 Å². The molecule has 2 rings (SSSR count). The van der Waals surface area contributed by atoms with E-state index in [1.54, 1.807) is 0 Å². The molecule has 0 aliphatic heterocycles. The second kappa shape index (κ2) is 4.92. The van der Waals surface area contributed by atoms with Crippen molar-refractivity contribution in [2.24, 2.45) is 0 Å². The van der Waals surface area contributed by atoms with E-state index in [1.165, 1.54) is 11.1 Å². The topological polar surface area (TPSA) is 40.7 Å². The molecule has 0 unspecified atom stereocenters. The SMILES string of the molecule is Cc1cc(Br)cc(NCc2c(C)n[nH]c2C)c1. The zero-order valence-corrected chi connectivity index (χ0v) is 11.9. The maximum Gasteiger partial charge on any atom is 0.0643 e. The first-order valence-corrected chi connectivity index (χ1v) is 6.37. The predicted molar refractivity (Wildman–Crippen MR) is 74.3 cm³/mol. The third-order valence-electron chi connectivity index (χ3n) is 2.79. The van der Waals surface area contributed by atoms with Gasteiger partial charge in [-0.05, 0) is 44.5 Å². The summed E-state index contributed by atoms with van der Waals surface area (Å²) in [6.07, 6.45) is 0. The Kier molecular flexibility index (Phi) is 3.52. The minimum atomic E-state index is 0.796. The Morgan fingerprint density at radius 1 is 1.24 bits per heavy atom. The van der Waals surface area contributed by atoms with Gasteiger partial charge in [-0.1, -0.05) is 15.9 Å². The van der Waals surface area contributed by atoms with Gasteiger partial charge in [-0.15, -0.1) is 0 Å². The lowest BCUT2D eigenvalue weighted by atomic mass is 10.2. The molecule has 2 aromatic rings. The van der Waals surface area contributed by atoms with E-state index < -0.39 is 0 Å². The maximum atomic E-state index is 4.19. The summed E-state index contributed by atoms with van der Waals surface area (Å²) >= 11 is 3.50. The summed E-state index contributed by atoms with van der Waals surface area (Å²) in [5.74, 6) is 0. The Balaban J connectivity index is 2.12. The summed E-state index contributed by atoms with van der Waals surface area (Å²) in [6.45, 7) is 6.95. The van der Waals surface area contributed by atoms with Crippen molar-refractivity contribution >= 4 is 21.6 Å². The van der Waals surface area contributed by atoms with Crippen LogP contribution in [-0.4, -0.2) is 10.2 Å². The lowest BCUT2D eigenvalue weighted by Gasteiger charge is -2.08. The molecule has 1 heterocycles. The molecule has 0 radical (unpaired) electrons. The zero-order valence-electron chi connectivity index (χ0n) is 10.3. The quantitative estimate of drug-likeness (QED) is 0.906. The third kappa shape index (κ3) is 2.88. The van der Waals surface area contributed by atoms with E-state index in [9.17, 15) is 0 Å². The number of hydrogen-bond donors (Lipinski definition) is 2. The lowest BCUT2D eigenvalue weighted by Crippen LogP contribution is -2.01. The summed E-state index contributed by atoms with van der Waals surface area (Å²) < 4.78 is 1.10. The van der Waals surface area contributed by atoms with E-state index in [4.69, 9.17) is 0 Å². The van der Waals surface area contributed by atoms with Crippen LogP contribution in [0.4, 0.5) is 5.69 Å². The average molecular weight is 294 g/mol. The Hall–Kier alpha value is -1.29. The first kappa shape index (κ1) is 12.2. The zero-order chi connectivity index (χ0) is 12.4. The molecule has 0 spiro atoms. The third-order valence-corrected chi connectivity index (χ3v) is 3.25. The molecule has 0 aliphatic rings. The fourth-order valence-corrected chi connectivity index (χ4v) is 2.47. The molecule has 0 bridgehead atoms. The number of rotatable bonds is 3. The Morgan fingerprint density at radius 2 is 2.00 bits per heavy atom. The van der Waals surface area contributed by atoms with Crippen LogP contribution in [0.2, 0.25) is 0 Å². The predicted octanol–water partition coefficient (Wildman–Crippen LogP) is 3.71. The van der Waals surface area contributed by atoms with E-state index in [0.717, 1.165) is 28.1 Å². The van der Waals surface area contributed by atoms with Gasteiger partial charge in [0.05, 0.1) is 5.69 Å². The molecule has 1 aromatic carbocycles. The molecule has 2 N–H and O–H groups in total. The summed E-state index contributed by atoms with van der Waals surface area (Å²) in [6, 6.07) is 6.31. The molecular formula is C13H16BrN3. The summed E-state index contributed by atoms with van der Waals surface area (Å²) in [5.41, 5.74) is 5.78. The van der Waals surface area contributed by atoms with Gasteiger partial charge in [-0.25, -0.2) is 0 Å². The normalized spacial score (nSPS) is 10.6. The standard InChI is InChI=1S/C13H16BrN3/c1-8-4-11(14)6-12(5-8)15-7-13-9(2)16-17-10(13)3/h4-6,15H,7H2,1-3H3,(H,16,17). The van der Waals surface area contributed by atoms with Crippen LogP contribution in [0, 0.1) is 20.8 Å². The second-order valence-corrected chi connectivity index (χ2v) is 5.20. The van der Waals surface area contributed by atoms with E-state index in [-0.39, 0.29) is 0 Å². The molecule has 0 saturated heterocycles. The number of benzene rings is 1. The lowest BCUT2D eigenvalue weighted by molar-refractivity contribution is 1.02. The van der Waals surface area contributed by atoms with Gasteiger partial charge in [0.15, 0.2) is 0 Å². The number of nitrogens with zero attached hydrogens (tertiary/aromatic N) is 1. The second-order valence-electron chi connectivity index (χ2n) is 4.28. The van der Waals surface area contributed by atoms with Crippen LogP contribution < -0.4 is 5.32 Å². The molecular weight excluding hydrogens is 278 g/mol. The molecule has 0 fully saturated rings. The van der Waals surface area contributed by atoms with Crippen molar-refractivity contribution in [3.63, 3.8) is 0 Å². The largest absolute Gasteiger partial charge is 0.381 e. The van der Waals surface area contributed by atoms with E-state index in [0.29, 0.717) is 0 Å². The highest BCUT2D eigenvalue weighted by atomic mass is 79.9. The van der Waals surface area contributed by atoms with Crippen LogP contribution in [-0.2, 0) is 6.54 Å². The summed E-state index contributed by atoms with van der Waals surface area (Å²) in [5, 5.41) is 10.6. The molecule has 0 amide bonds. The minimum Gasteiger partial charge on any atom is -0.381 e. The van der Waals surface area contributed by atoms with Gasteiger partial charge in [-0.3, -0.25) is 5.10 Å². The number of nitrogens with one attached hydrogen (secondary N) is 2. The number of anilines is 1. The number of halogens is 1. The first-order chi connectivity index (χ1) is 8.06. The highest BCUT2D eigenvalue weighted by molar-refractivity contribution is 9.10. The van der Waals surface area contributed by atoms with Crippen molar-refractivity contribution in [3.05, 3.63) is 45.2 Å². The van der Waals surface area contributed by atoms with Crippen LogP contribution in [0.25, 0.3) is 0 Å². The Morgan fingerprint density at radius 3 is 2.59 bits per heavy atom. The number of hydrogen-bond acceptors (Lipinski definition) is 2.